The molecule has 1 aromatic carbocycles. The third-order valence-electron chi connectivity index (χ3n) is 4.58. The zero-order chi connectivity index (χ0) is 25.0. The van der Waals surface area contributed by atoms with E-state index in [2.05, 4.69) is 10.6 Å². The highest BCUT2D eigenvalue weighted by atomic mass is 32.2. The number of phenolic OH excluding ortho intramolecular Hbond substituents is 1. The van der Waals surface area contributed by atoms with Crippen molar-refractivity contribution in [3.05, 3.63) is 29.8 Å². The maximum absolute atomic E-state index is 12.5. The van der Waals surface area contributed by atoms with Gasteiger partial charge in [0.05, 0.1) is 5.25 Å². The first-order valence-electron chi connectivity index (χ1n) is 10.7. The van der Waals surface area contributed by atoms with Crippen molar-refractivity contribution in [2.75, 3.05) is 18.8 Å². The number of aliphatic carboxylic acids is 1. The third kappa shape index (κ3) is 9.52. The van der Waals surface area contributed by atoms with Gasteiger partial charge >= 0.3 is 5.97 Å². The van der Waals surface area contributed by atoms with E-state index in [0.29, 0.717) is 6.42 Å². The summed E-state index contributed by atoms with van der Waals surface area (Å²) in [5.41, 5.74) is 0.900. The number of benzene rings is 1. The Labute approximate surface area is 197 Å². The number of amides is 4. The minimum absolute atomic E-state index is 0.0354. The van der Waals surface area contributed by atoms with E-state index in [9.17, 15) is 29.1 Å². The Balaban J connectivity index is 0.00000265. The number of nitrogens with zero attached hydrogens (tertiary/aromatic N) is 1. The number of carboxylic acid groups (broad SMARTS) is 1. The van der Waals surface area contributed by atoms with Crippen LogP contribution in [0.2, 0.25) is 0 Å². The first-order valence-corrected chi connectivity index (χ1v) is 11.7. The molecule has 0 aromatic heterocycles. The molecule has 0 spiro atoms. The molecule has 2 rings (SSSR count). The lowest BCUT2D eigenvalue weighted by atomic mass is 10.1. The minimum atomic E-state index is -1.22. The van der Waals surface area contributed by atoms with Gasteiger partial charge in [0.25, 0.3) is 0 Å². The second-order valence-corrected chi connectivity index (χ2v) is 8.25. The van der Waals surface area contributed by atoms with Crippen LogP contribution in [0.25, 0.3) is 0 Å². The van der Waals surface area contributed by atoms with E-state index in [4.69, 9.17) is 5.11 Å². The maximum atomic E-state index is 12.5. The fraction of sp³-hybridized carbons (Fsp3) is 0.500. The van der Waals surface area contributed by atoms with E-state index in [-0.39, 0.29) is 49.2 Å². The predicted molar refractivity (Wildman–Crippen MR) is 124 cm³/mol. The van der Waals surface area contributed by atoms with Gasteiger partial charge in [-0.3, -0.25) is 24.1 Å². The lowest BCUT2D eigenvalue weighted by Crippen LogP contribution is -2.42. The lowest BCUT2D eigenvalue weighted by molar-refractivity contribution is -0.141. The smallest absolute Gasteiger partial charge is 0.327 e. The average molecular weight is 482 g/mol. The van der Waals surface area contributed by atoms with Crippen molar-refractivity contribution < 1.29 is 34.2 Å². The number of hydrogen-bond acceptors (Lipinski definition) is 7. The number of carbonyl (C=O) groups excluding carboxylic acids is 4. The monoisotopic (exact) mass is 481 g/mol. The fourth-order valence-corrected chi connectivity index (χ4v) is 4.15. The van der Waals surface area contributed by atoms with Crippen LogP contribution >= 0.6 is 11.8 Å². The molecule has 1 aromatic rings. The largest absolute Gasteiger partial charge is 0.508 e. The first-order chi connectivity index (χ1) is 15.7. The SMILES string of the molecule is CC.CC(=O)NC(CSC1CC(=O)N(CCNC(=O)CCc2ccc(O)cc2)C1=O)C(=O)O. The molecule has 33 heavy (non-hydrogen) atoms. The van der Waals surface area contributed by atoms with E-state index >= 15 is 0 Å². The molecule has 0 radical (unpaired) electrons. The molecule has 1 heterocycles. The zero-order valence-corrected chi connectivity index (χ0v) is 19.8. The molecule has 1 aliphatic heterocycles. The number of imide groups is 1. The molecule has 1 saturated heterocycles. The number of aromatic hydroxyl groups is 1. The Kier molecular flexibility index (Phi) is 12.0. The highest BCUT2D eigenvalue weighted by Crippen LogP contribution is 2.25. The van der Waals surface area contributed by atoms with E-state index in [1.807, 2.05) is 13.8 Å². The molecule has 4 amide bonds. The van der Waals surface area contributed by atoms with Crippen LogP contribution in [0.4, 0.5) is 0 Å². The summed E-state index contributed by atoms with van der Waals surface area (Å²) in [6.45, 7) is 5.35. The fourth-order valence-electron chi connectivity index (χ4n) is 2.97. The van der Waals surface area contributed by atoms with Crippen LogP contribution in [-0.4, -0.2) is 74.8 Å². The van der Waals surface area contributed by atoms with E-state index in [0.717, 1.165) is 22.2 Å². The van der Waals surface area contributed by atoms with Gasteiger partial charge in [0.15, 0.2) is 0 Å². The normalized spacial score (nSPS) is 16.0. The number of rotatable bonds is 11. The van der Waals surface area contributed by atoms with Crippen molar-refractivity contribution in [2.45, 2.75) is 51.3 Å². The van der Waals surface area contributed by atoms with Crippen LogP contribution in [-0.2, 0) is 30.4 Å². The topological polar surface area (TPSA) is 153 Å². The molecule has 0 bridgehead atoms. The van der Waals surface area contributed by atoms with Gasteiger partial charge in [-0.25, -0.2) is 4.79 Å². The van der Waals surface area contributed by atoms with Crippen molar-refractivity contribution in [2.24, 2.45) is 0 Å². The number of carboxylic acids is 1. The number of thioether (sulfide) groups is 1. The number of nitrogens with one attached hydrogen (secondary N) is 2. The van der Waals surface area contributed by atoms with Crippen molar-refractivity contribution in [1.82, 2.24) is 15.5 Å². The van der Waals surface area contributed by atoms with Crippen LogP contribution in [0.5, 0.6) is 5.75 Å². The quantitative estimate of drug-likeness (QED) is 0.340. The molecule has 1 aliphatic rings. The maximum Gasteiger partial charge on any atom is 0.327 e. The number of phenols is 1. The van der Waals surface area contributed by atoms with Gasteiger partial charge in [0.1, 0.15) is 11.8 Å². The van der Waals surface area contributed by atoms with Gasteiger partial charge in [-0.15, -0.1) is 11.8 Å². The van der Waals surface area contributed by atoms with Gasteiger partial charge < -0.3 is 20.8 Å². The molecule has 2 atom stereocenters. The van der Waals surface area contributed by atoms with Gasteiger partial charge in [-0.2, -0.15) is 0 Å². The van der Waals surface area contributed by atoms with Gasteiger partial charge in [0.2, 0.25) is 23.6 Å². The summed E-state index contributed by atoms with van der Waals surface area (Å²) in [4.78, 5) is 59.9. The van der Waals surface area contributed by atoms with Gasteiger partial charge in [-0.1, -0.05) is 26.0 Å². The zero-order valence-electron chi connectivity index (χ0n) is 19.0. The summed E-state index contributed by atoms with van der Waals surface area (Å²) in [7, 11) is 0. The molecule has 0 saturated carbocycles. The van der Waals surface area contributed by atoms with Crippen LogP contribution in [0.1, 0.15) is 39.2 Å². The molecule has 0 aliphatic carbocycles. The Morgan fingerprint density at radius 1 is 1.18 bits per heavy atom. The molecule has 1 fully saturated rings. The highest BCUT2D eigenvalue weighted by Gasteiger charge is 2.39. The molecule has 2 unspecified atom stereocenters. The molecule has 10 nitrogen and oxygen atoms in total. The standard InChI is InChI=1S/C20H25N3O7S.C2H6/c1-12(24)22-15(20(29)30)11-31-16-10-18(27)23(19(16)28)9-8-21-17(26)7-4-13-2-5-14(25)6-3-13;1-2/h2-3,5-6,15-16,25H,4,7-11H2,1H3,(H,21,26)(H,22,24)(H,29,30);1-2H3. The summed E-state index contributed by atoms with van der Waals surface area (Å²) in [5.74, 6) is -2.64. The Morgan fingerprint density at radius 2 is 1.82 bits per heavy atom. The summed E-state index contributed by atoms with van der Waals surface area (Å²) in [5, 5.41) is 22.6. The molecule has 182 valence electrons. The minimum Gasteiger partial charge on any atom is -0.508 e. The second-order valence-electron chi connectivity index (χ2n) is 7.02. The molecule has 4 N–H and O–H groups in total. The third-order valence-corrected chi connectivity index (χ3v) is 5.87. The van der Waals surface area contributed by atoms with Crippen molar-refractivity contribution in [3.63, 3.8) is 0 Å². The summed E-state index contributed by atoms with van der Waals surface area (Å²) in [6, 6.07) is 5.39. The Morgan fingerprint density at radius 3 is 2.39 bits per heavy atom. The molecular weight excluding hydrogens is 450 g/mol. The van der Waals surface area contributed by atoms with Crippen LogP contribution in [0, 0.1) is 0 Å². The van der Waals surface area contributed by atoms with Gasteiger partial charge in [-0.05, 0) is 24.1 Å². The van der Waals surface area contributed by atoms with E-state index < -0.39 is 29.1 Å². The van der Waals surface area contributed by atoms with E-state index in [1.54, 1.807) is 24.3 Å². The number of aryl methyl sites for hydroxylation is 1. The molecular formula is C22H31N3O7S. The second kappa shape index (κ2) is 14.1. The lowest BCUT2D eigenvalue weighted by Gasteiger charge is -2.17. The summed E-state index contributed by atoms with van der Waals surface area (Å²) in [6.07, 6.45) is 0.668. The highest BCUT2D eigenvalue weighted by molar-refractivity contribution is 8.00. The average Bonchev–Trinajstić information content (AvgIpc) is 3.04. The number of carbonyl (C=O) groups is 5. The van der Waals surface area contributed by atoms with Crippen molar-refractivity contribution in [1.29, 1.82) is 0 Å². The summed E-state index contributed by atoms with van der Waals surface area (Å²) >= 11 is 1.01. The summed E-state index contributed by atoms with van der Waals surface area (Å²) < 4.78 is 0. The predicted octanol–water partition coefficient (Wildman–Crippen LogP) is 0.917. The first kappa shape index (κ1) is 28.0. The molecule has 11 heteroatoms. The van der Waals surface area contributed by atoms with E-state index in [1.165, 1.54) is 6.92 Å². The van der Waals surface area contributed by atoms with Crippen molar-refractivity contribution >= 4 is 41.4 Å². The van der Waals surface area contributed by atoms with Crippen LogP contribution in [0.3, 0.4) is 0 Å². The Bertz CT molecular complexity index is 845. The Hall–Kier alpha value is -3.08. The van der Waals surface area contributed by atoms with Crippen LogP contribution < -0.4 is 10.6 Å². The number of hydrogen-bond donors (Lipinski definition) is 4. The number of likely N-dealkylation sites (tertiary alicyclic amines) is 1. The van der Waals surface area contributed by atoms with Gasteiger partial charge in [0, 0.05) is 38.6 Å². The van der Waals surface area contributed by atoms with Crippen LogP contribution in [0.15, 0.2) is 24.3 Å². The van der Waals surface area contributed by atoms with Crippen molar-refractivity contribution in [3.8, 4) is 5.75 Å².